The van der Waals surface area contributed by atoms with E-state index in [4.69, 9.17) is 19.3 Å². The van der Waals surface area contributed by atoms with Crippen molar-refractivity contribution in [2.24, 2.45) is 0 Å². The van der Waals surface area contributed by atoms with Crippen LogP contribution in [-0.4, -0.2) is 53.8 Å². The number of nitrogens with zero attached hydrogens (tertiary/aromatic N) is 1. The number of ether oxygens (including phenoxy) is 2. The van der Waals surface area contributed by atoms with Crippen molar-refractivity contribution in [3.05, 3.63) is 16.6 Å². The maximum absolute atomic E-state index is 12.0. The summed E-state index contributed by atoms with van der Waals surface area (Å²) in [6, 6.07) is 0. The summed E-state index contributed by atoms with van der Waals surface area (Å²) >= 11 is 1.37. The molecule has 0 saturated heterocycles. The van der Waals surface area contributed by atoms with Crippen LogP contribution in [0.1, 0.15) is 108 Å². The lowest BCUT2D eigenvalue weighted by Gasteiger charge is -2.21. The van der Waals surface area contributed by atoms with Crippen molar-refractivity contribution in [2.75, 3.05) is 26.9 Å². The molecule has 0 aliphatic heterocycles. The molecule has 210 valence electrons. The average Bonchev–Trinajstić information content (AvgIpc) is 3.38. The van der Waals surface area contributed by atoms with E-state index in [1.807, 2.05) is 0 Å². The van der Waals surface area contributed by atoms with Gasteiger partial charge in [-0.1, -0.05) is 84.0 Å². The number of methoxy groups -OCH3 is 1. The number of carbonyl (C=O) groups excluding carboxylic acids is 1. The Morgan fingerprint density at radius 1 is 1.00 bits per heavy atom. The van der Waals surface area contributed by atoms with Crippen molar-refractivity contribution in [3.63, 3.8) is 0 Å². The predicted molar refractivity (Wildman–Crippen MR) is 143 cm³/mol. The minimum atomic E-state index is -4.60. The summed E-state index contributed by atoms with van der Waals surface area (Å²) < 4.78 is 26.5. The second-order valence-electron chi connectivity index (χ2n) is 9.21. The monoisotopic (exact) mass is 550 g/mol. The Morgan fingerprint density at radius 3 is 2.08 bits per heavy atom. The van der Waals surface area contributed by atoms with Gasteiger partial charge >= 0.3 is 13.9 Å². The highest BCUT2D eigenvalue weighted by atomic mass is 32.1. The third-order valence-corrected chi connectivity index (χ3v) is 7.50. The van der Waals surface area contributed by atoms with Gasteiger partial charge in [-0.2, -0.15) is 0 Å². The fraction of sp³-hybridized carbons (Fsp3) is 0.840. The van der Waals surface area contributed by atoms with E-state index in [0.717, 1.165) is 12.8 Å². The molecule has 1 heterocycles. The Hall–Kier alpha value is -1.03. The third-order valence-electron chi connectivity index (χ3n) is 6.08. The number of amides is 1. The second-order valence-corrected chi connectivity index (χ2v) is 11.4. The van der Waals surface area contributed by atoms with Crippen molar-refractivity contribution in [1.82, 2.24) is 10.3 Å². The normalized spacial score (nSPS) is 13.4. The first kappa shape index (κ1) is 33.0. The molecule has 1 amide bonds. The van der Waals surface area contributed by atoms with Crippen LogP contribution in [-0.2, 0) is 18.6 Å². The van der Waals surface area contributed by atoms with Gasteiger partial charge in [0, 0.05) is 31.1 Å². The van der Waals surface area contributed by atoms with Gasteiger partial charge < -0.3 is 24.6 Å². The van der Waals surface area contributed by atoms with E-state index in [-0.39, 0.29) is 19.1 Å². The van der Waals surface area contributed by atoms with Crippen LogP contribution in [0.25, 0.3) is 0 Å². The number of rotatable bonds is 23. The molecule has 0 aliphatic rings. The van der Waals surface area contributed by atoms with Crippen LogP contribution < -0.4 is 5.32 Å². The highest BCUT2D eigenvalue weighted by Gasteiger charge is 2.25. The molecule has 9 nitrogen and oxygen atoms in total. The first-order chi connectivity index (χ1) is 17.4. The van der Waals surface area contributed by atoms with Gasteiger partial charge in [-0.05, 0) is 12.8 Å². The smallest absolute Gasteiger partial charge is 0.447 e. The van der Waals surface area contributed by atoms with E-state index in [0.29, 0.717) is 18.0 Å². The molecule has 0 aromatic carbocycles. The highest BCUT2D eigenvalue weighted by molar-refractivity contribution is 7.46. The van der Waals surface area contributed by atoms with Crippen molar-refractivity contribution in [1.29, 1.82) is 0 Å². The number of phosphoric acid groups is 1. The largest absolute Gasteiger partial charge is 0.469 e. The highest BCUT2D eigenvalue weighted by Crippen LogP contribution is 2.38. The fourth-order valence-electron chi connectivity index (χ4n) is 3.97. The van der Waals surface area contributed by atoms with Crippen LogP contribution in [0.15, 0.2) is 11.6 Å². The summed E-state index contributed by atoms with van der Waals surface area (Å²) in [5.74, 6) is -0.389. The van der Waals surface area contributed by atoms with E-state index in [2.05, 4.69) is 21.7 Å². The molecule has 0 spiro atoms. The molecule has 2 atom stereocenters. The molecule has 0 aliphatic carbocycles. The first-order valence-corrected chi connectivity index (χ1v) is 15.8. The summed E-state index contributed by atoms with van der Waals surface area (Å²) in [6.45, 7) is 2.65. The van der Waals surface area contributed by atoms with Crippen LogP contribution in [0, 0.1) is 0 Å². The predicted octanol–water partition coefficient (Wildman–Crippen LogP) is 6.56. The summed E-state index contributed by atoms with van der Waals surface area (Å²) in [7, 11) is -3.10. The van der Waals surface area contributed by atoms with Gasteiger partial charge in [-0.3, -0.25) is 4.52 Å². The van der Waals surface area contributed by atoms with Crippen molar-refractivity contribution in [3.8, 4) is 0 Å². The molecule has 1 aromatic rings. The zero-order chi connectivity index (χ0) is 26.5. The van der Waals surface area contributed by atoms with Gasteiger partial charge in [-0.15, -0.1) is 11.3 Å². The van der Waals surface area contributed by atoms with E-state index in [1.165, 1.54) is 89.1 Å². The molecule has 2 unspecified atom stereocenters. The topological polar surface area (TPSA) is 127 Å². The average molecular weight is 551 g/mol. The first-order valence-electron chi connectivity index (χ1n) is 13.4. The Kier molecular flexibility index (Phi) is 19.2. The molecule has 0 saturated carbocycles. The van der Waals surface area contributed by atoms with Gasteiger partial charge in [0.25, 0.3) is 0 Å². The van der Waals surface area contributed by atoms with Crippen molar-refractivity contribution in [2.45, 2.75) is 109 Å². The molecular weight excluding hydrogens is 503 g/mol. The number of carbonyl (C=O) groups is 1. The minimum absolute atomic E-state index is 0.0265. The molecule has 0 radical (unpaired) electrons. The molecule has 1 rings (SSSR count). The van der Waals surface area contributed by atoms with Gasteiger partial charge in [0.05, 0.1) is 17.7 Å². The van der Waals surface area contributed by atoms with Crippen LogP contribution in [0.5, 0.6) is 0 Å². The van der Waals surface area contributed by atoms with Crippen LogP contribution >= 0.6 is 19.2 Å². The lowest BCUT2D eigenvalue weighted by molar-refractivity contribution is 0.0225. The van der Waals surface area contributed by atoms with Gasteiger partial charge in [0.15, 0.2) is 0 Å². The summed E-state index contributed by atoms with van der Waals surface area (Å²) in [4.78, 5) is 34.3. The zero-order valence-corrected chi connectivity index (χ0v) is 23.8. The number of nitrogens with one attached hydrogen (secondary N) is 1. The Labute approximate surface area is 221 Å². The quantitative estimate of drug-likeness (QED) is 0.103. The number of alkyl carbamates (subject to hydrolysis) is 1. The number of aromatic nitrogens is 1. The Balaban J connectivity index is 2.10. The lowest BCUT2D eigenvalue weighted by Crippen LogP contribution is -2.30. The van der Waals surface area contributed by atoms with E-state index in [1.54, 1.807) is 11.6 Å². The summed E-state index contributed by atoms with van der Waals surface area (Å²) in [5, 5.41) is 5.23. The third kappa shape index (κ3) is 18.3. The van der Waals surface area contributed by atoms with E-state index < -0.39 is 20.0 Å². The van der Waals surface area contributed by atoms with E-state index >= 15 is 0 Å². The van der Waals surface area contributed by atoms with Crippen LogP contribution in [0.3, 0.4) is 0 Å². The molecule has 3 N–H and O–H groups in total. The molecule has 0 fully saturated rings. The molecule has 0 bridgehead atoms. The molecule has 36 heavy (non-hydrogen) atoms. The van der Waals surface area contributed by atoms with Gasteiger partial charge in [0.1, 0.15) is 6.61 Å². The summed E-state index contributed by atoms with van der Waals surface area (Å²) in [6.07, 6.45) is 17.6. The second kappa shape index (κ2) is 21.0. The minimum Gasteiger partial charge on any atom is -0.447 e. The van der Waals surface area contributed by atoms with Gasteiger partial charge in [0.2, 0.25) is 0 Å². The Morgan fingerprint density at radius 2 is 1.58 bits per heavy atom. The zero-order valence-electron chi connectivity index (χ0n) is 22.1. The molecular formula is C25H47N2O7PS. The van der Waals surface area contributed by atoms with Crippen LogP contribution in [0.4, 0.5) is 4.79 Å². The SMILES string of the molecule is CCCCCCCCCCCCCCCNC(=O)OCC(CC(COP(=O)(O)O)c1nccs1)OC. The van der Waals surface area contributed by atoms with Crippen LogP contribution in [0.2, 0.25) is 0 Å². The number of unbranched alkanes of at least 4 members (excludes halogenated alkanes) is 12. The van der Waals surface area contributed by atoms with E-state index in [9.17, 15) is 9.36 Å². The number of hydrogen-bond acceptors (Lipinski definition) is 7. The maximum Gasteiger partial charge on any atom is 0.469 e. The van der Waals surface area contributed by atoms with Crippen molar-refractivity contribution < 1.29 is 33.1 Å². The number of phosphoric ester groups is 1. The lowest BCUT2D eigenvalue weighted by atomic mass is 10.0. The Bertz CT molecular complexity index is 703. The molecule has 1 aromatic heterocycles. The maximum atomic E-state index is 12.0. The van der Waals surface area contributed by atoms with Gasteiger partial charge in [-0.25, -0.2) is 14.3 Å². The summed E-state index contributed by atoms with van der Waals surface area (Å²) in [5.41, 5.74) is 0. The number of hydrogen-bond donors (Lipinski definition) is 3. The molecule has 11 heteroatoms. The number of thiazole rings is 1. The standard InChI is InChI=1S/C25H47N2O7PS/c1-3-4-5-6-7-8-9-10-11-12-13-14-15-16-27-25(28)33-21-23(32-2)19-22(20-34-35(29,30)31)24-26-17-18-36-24/h17-18,22-23H,3-16,19-21H2,1-2H3,(H,27,28)(H2,29,30,31). The van der Waals surface area contributed by atoms with Crippen molar-refractivity contribution >= 4 is 25.3 Å². The fourth-order valence-corrected chi connectivity index (χ4v) is 5.08.